The van der Waals surface area contributed by atoms with Gasteiger partial charge in [0.05, 0.1) is 23.6 Å². The molecule has 0 spiro atoms. The van der Waals surface area contributed by atoms with E-state index in [-0.39, 0.29) is 5.41 Å². The second-order valence-corrected chi connectivity index (χ2v) is 9.25. The molecule has 0 radical (unpaired) electrons. The van der Waals surface area contributed by atoms with Crippen LogP contribution < -0.4 is 10.1 Å². The molecule has 0 aliphatic heterocycles. The summed E-state index contributed by atoms with van der Waals surface area (Å²) in [6.45, 7) is 8.38. The zero-order valence-corrected chi connectivity index (χ0v) is 18.6. The van der Waals surface area contributed by atoms with Crippen LogP contribution in [0.4, 0.5) is 11.5 Å². The van der Waals surface area contributed by atoms with Crippen LogP contribution in [-0.4, -0.2) is 27.5 Å². The first kappa shape index (κ1) is 21.0. The Morgan fingerprint density at radius 2 is 1.72 bits per heavy atom. The molecule has 3 aromatic rings. The van der Waals surface area contributed by atoms with Gasteiger partial charge in [-0.25, -0.2) is 9.97 Å². The van der Waals surface area contributed by atoms with Crippen LogP contribution in [0.1, 0.15) is 32.2 Å². The topological polar surface area (TPSA) is 64.1 Å². The van der Waals surface area contributed by atoms with E-state index in [0.717, 1.165) is 17.0 Å². The number of methoxy groups -OCH3 is 1. The molecule has 0 bridgehead atoms. The van der Waals surface area contributed by atoms with Gasteiger partial charge in [-0.3, -0.25) is 4.21 Å². The lowest BCUT2D eigenvalue weighted by Gasteiger charge is -2.20. The van der Waals surface area contributed by atoms with Gasteiger partial charge < -0.3 is 10.1 Å². The highest BCUT2D eigenvalue weighted by atomic mass is 32.2. The number of benzene rings is 2. The van der Waals surface area contributed by atoms with E-state index < -0.39 is 10.8 Å². The Bertz CT molecular complexity index is 1040. The predicted octanol–water partition coefficient (Wildman–Crippen LogP) is 5.24. The molecule has 0 aliphatic carbocycles. The molecule has 0 saturated carbocycles. The molecular formula is C23H27N3O2S. The Balaban J connectivity index is 2.07. The van der Waals surface area contributed by atoms with Gasteiger partial charge in [0.25, 0.3) is 0 Å². The second kappa shape index (κ2) is 8.33. The van der Waals surface area contributed by atoms with Gasteiger partial charge in [-0.05, 0) is 42.2 Å². The van der Waals surface area contributed by atoms with E-state index in [4.69, 9.17) is 4.74 Å². The number of anilines is 2. The third-order valence-corrected chi connectivity index (χ3v) is 5.58. The minimum Gasteiger partial charge on any atom is -0.497 e. The number of hydrogen-bond acceptors (Lipinski definition) is 5. The Morgan fingerprint density at radius 1 is 1.03 bits per heavy atom. The van der Waals surface area contributed by atoms with Crippen molar-refractivity contribution in [1.82, 2.24) is 9.97 Å². The maximum atomic E-state index is 12.7. The van der Waals surface area contributed by atoms with Crippen molar-refractivity contribution in [2.75, 3.05) is 18.7 Å². The molecule has 1 atom stereocenters. The molecular weight excluding hydrogens is 382 g/mol. The van der Waals surface area contributed by atoms with Crippen LogP contribution in [0, 0.1) is 6.92 Å². The lowest BCUT2D eigenvalue weighted by molar-refractivity contribution is 0.415. The Hall–Kier alpha value is -2.73. The lowest BCUT2D eigenvalue weighted by atomic mass is 9.87. The van der Waals surface area contributed by atoms with Crippen LogP contribution in [0.2, 0.25) is 0 Å². The average molecular weight is 410 g/mol. The molecule has 6 heteroatoms. The van der Waals surface area contributed by atoms with E-state index in [1.165, 1.54) is 5.56 Å². The highest BCUT2D eigenvalue weighted by molar-refractivity contribution is 7.84. The van der Waals surface area contributed by atoms with Crippen LogP contribution in [0.25, 0.3) is 11.3 Å². The van der Waals surface area contributed by atoms with Gasteiger partial charge in [0.15, 0.2) is 5.82 Å². The Kier molecular flexibility index (Phi) is 6.03. The van der Waals surface area contributed by atoms with Crippen molar-refractivity contribution in [3.8, 4) is 17.0 Å². The second-order valence-electron chi connectivity index (χ2n) is 7.94. The van der Waals surface area contributed by atoms with Gasteiger partial charge >= 0.3 is 0 Å². The molecule has 1 unspecified atom stereocenters. The van der Waals surface area contributed by atoms with E-state index in [1.807, 2.05) is 43.3 Å². The maximum Gasteiger partial charge on any atom is 0.151 e. The third kappa shape index (κ3) is 4.82. The molecule has 5 nitrogen and oxygen atoms in total. The Morgan fingerprint density at radius 3 is 2.31 bits per heavy atom. The molecule has 1 N–H and O–H groups in total. The van der Waals surface area contributed by atoms with Gasteiger partial charge in [0.2, 0.25) is 0 Å². The van der Waals surface area contributed by atoms with Crippen molar-refractivity contribution < 1.29 is 8.95 Å². The number of hydrogen-bond donors (Lipinski definition) is 1. The number of aromatic nitrogens is 2. The number of nitrogens with zero attached hydrogens (tertiary/aromatic N) is 2. The SMILES string of the molecule is COc1cccc(-c2nc(C)nc(Nc3ccc(C(C)(C)C)cc3)c2S(C)=O)c1. The quantitative estimate of drug-likeness (QED) is 0.624. The maximum absolute atomic E-state index is 12.7. The van der Waals surface area contributed by atoms with Gasteiger partial charge in [-0.2, -0.15) is 0 Å². The minimum absolute atomic E-state index is 0.0830. The van der Waals surface area contributed by atoms with E-state index in [2.05, 4.69) is 48.2 Å². The third-order valence-electron chi connectivity index (χ3n) is 4.62. The van der Waals surface area contributed by atoms with Crippen LogP contribution in [0.5, 0.6) is 5.75 Å². The molecule has 0 amide bonds. The fourth-order valence-electron chi connectivity index (χ4n) is 3.08. The fraction of sp³-hybridized carbons (Fsp3) is 0.304. The van der Waals surface area contributed by atoms with E-state index >= 15 is 0 Å². The minimum atomic E-state index is -1.29. The van der Waals surface area contributed by atoms with Crippen molar-refractivity contribution in [2.24, 2.45) is 0 Å². The molecule has 3 rings (SSSR count). The summed E-state index contributed by atoms with van der Waals surface area (Å²) in [5.41, 5.74) is 3.70. The summed E-state index contributed by atoms with van der Waals surface area (Å²) in [7, 11) is 0.333. The summed E-state index contributed by atoms with van der Waals surface area (Å²) in [5, 5.41) is 3.34. The average Bonchev–Trinajstić information content (AvgIpc) is 2.67. The normalized spacial score (nSPS) is 12.5. The first-order valence-electron chi connectivity index (χ1n) is 9.43. The molecule has 0 saturated heterocycles. The summed E-state index contributed by atoms with van der Waals surface area (Å²) in [5.74, 6) is 1.88. The van der Waals surface area contributed by atoms with Crippen molar-refractivity contribution >= 4 is 22.3 Å². The monoisotopic (exact) mass is 409 g/mol. The van der Waals surface area contributed by atoms with Gasteiger partial charge in [0.1, 0.15) is 16.5 Å². The zero-order chi connectivity index (χ0) is 21.2. The molecule has 0 aliphatic rings. The first-order valence-corrected chi connectivity index (χ1v) is 11.0. The zero-order valence-electron chi connectivity index (χ0n) is 17.7. The Labute approximate surface area is 175 Å². The molecule has 1 aromatic heterocycles. The largest absolute Gasteiger partial charge is 0.497 e. The summed E-state index contributed by atoms with van der Waals surface area (Å²) in [6, 6.07) is 15.8. The smallest absolute Gasteiger partial charge is 0.151 e. The predicted molar refractivity (Wildman–Crippen MR) is 120 cm³/mol. The number of aryl methyl sites for hydroxylation is 1. The van der Waals surface area contributed by atoms with Crippen LogP contribution >= 0.6 is 0 Å². The molecule has 152 valence electrons. The van der Waals surface area contributed by atoms with Crippen LogP contribution in [0.15, 0.2) is 53.4 Å². The number of ether oxygens (including phenoxy) is 1. The number of rotatable bonds is 5. The standard InChI is InChI=1S/C23H27N3O2S/c1-15-24-20(16-8-7-9-19(14-16)28-5)21(29(6)27)22(25-15)26-18-12-10-17(11-13-18)23(2,3)4/h7-14H,1-6H3,(H,24,25,26). The summed E-state index contributed by atoms with van der Waals surface area (Å²) in [4.78, 5) is 9.70. The molecule has 1 heterocycles. The van der Waals surface area contributed by atoms with E-state index in [1.54, 1.807) is 13.4 Å². The summed E-state index contributed by atoms with van der Waals surface area (Å²) >= 11 is 0. The van der Waals surface area contributed by atoms with E-state index in [9.17, 15) is 4.21 Å². The molecule has 29 heavy (non-hydrogen) atoms. The van der Waals surface area contributed by atoms with Gasteiger partial charge in [0, 0.05) is 17.5 Å². The molecule has 2 aromatic carbocycles. The summed E-state index contributed by atoms with van der Waals surface area (Å²) < 4.78 is 18.0. The highest BCUT2D eigenvalue weighted by Gasteiger charge is 2.19. The lowest BCUT2D eigenvalue weighted by Crippen LogP contribution is -2.11. The van der Waals surface area contributed by atoms with Crippen molar-refractivity contribution in [3.05, 3.63) is 59.9 Å². The fourth-order valence-corrected chi connectivity index (χ4v) is 3.88. The van der Waals surface area contributed by atoms with Gasteiger partial charge in [-0.15, -0.1) is 0 Å². The van der Waals surface area contributed by atoms with Crippen molar-refractivity contribution in [3.63, 3.8) is 0 Å². The van der Waals surface area contributed by atoms with Gasteiger partial charge in [-0.1, -0.05) is 45.0 Å². The van der Waals surface area contributed by atoms with Crippen LogP contribution in [0.3, 0.4) is 0 Å². The van der Waals surface area contributed by atoms with E-state index in [0.29, 0.717) is 22.2 Å². The van der Waals surface area contributed by atoms with Crippen LogP contribution in [-0.2, 0) is 16.2 Å². The first-order chi connectivity index (χ1) is 13.7. The molecule has 0 fully saturated rings. The van der Waals surface area contributed by atoms with Crippen molar-refractivity contribution in [1.29, 1.82) is 0 Å². The van der Waals surface area contributed by atoms with Crippen molar-refractivity contribution in [2.45, 2.75) is 38.0 Å². The number of nitrogens with one attached hydrogen (secondary N) is 1. The summed E-state index contributed by atoms with van der Waals surface area (Å²) in [6.07, 6.45) is 1.64. The highest BCUT2D eigenvalue weighted by Crippen LogP contribution is 2.33.